The molecule has 2 saturated heterocycles. The molecule has 1 N–H and O–H groups in total. The fourth-order valence-corrected chi connectivity index (χ4v) is 2.79. The first-order valence-electron chi connectivity index (χ1n) is 7.74. The Kier molecular flexibility index (Phi) is 4.82. The number of aromatic nitrogens is 2. The summed E-state index contributed by atoms with van der Waals surface area (Å²) < 4.78 is 10.7. The van der Waals surface area contributed by atoms with E-state index in [0.29, 0.717) is 31.2 Å². The van der Waals surface area contributed by atoms with E-state index >= 15 is 0 Å². The van der Waals surface area contributed by atoms with Crippen LogP contribution < -0.4 is 5.32 Å². The molecule has 0 unspecified atom stereocenters. The average molecular weight is 294 g/mol. The molecule has 0 bridgehead atoms. The van der Waals surface area contributed by atoms with Gasteiger partial charge < -0.3 is 14.6 Å². The van der Waals surface area contributed by atoms with E-state index in [4.69, 9.17) is 9.26 Å². The number of nitrogens with zero attached hydrogens (tertiary/aromatic N) is 3. The van der Waals surface area contributed by atoms with Crippen LogP contribution in [0.15, 0.2) is 4.52 Å². The molecule has 7 heteroatoms. The van der Waals surface area contributed by atoms with Crippen molar-refractivity contribution in [2.75, 3.05) is 32.8 Å². The van der Waals surface area contributed by atoms with Crippen LogP contribution in [0.4, 0.5) is 0 Å². The standard InChI is InChI=1S/C14H22N4O3/c19-13(10-18-7-1-2-8-18)15-6-5-12-16-14(21-17-12)11-4-3-9-20-11/h11H,1-10H2,(H,15,19)/t11-/m0/s1. The molecule has 0 radical (unpaired) electrons. The average Bonchev–Trinajstić information content (AvgIpc) is 3.21. The van der Waals surface area contributed by atoms with Crippen LogP contribution in [0.2, 0.25) is 0 Å². The van der Waals surface area contributed by atoms with Gasteiger partial charge in [0.05, 0.1) is 6.54 Å². The molecule has 1 aromatic heterocycles. The first-order valence-corrected chi connectivity index (χ1v) is 7.74. The van der Waals surface area contributed by atoms with Gasteiger partial charge >= 0.3 is 0 Å². The molecule has 2 fully saturated rings. The minimum atomic E-state index is -0.0454. The molecule has 21 heavy (non-hydrogen) atoms. The number of carbonyl (C=O) groups excluding carboxylic acids is 1. The van der Waals surface area contributed by atoms with Crippen LogP contribution in [-0.2, 0) is 16.0 Å². The largest absolute Gasteiger partial charge is 0.368 e. The van der Waals surface area contributed by atoms with E-state index in [2.05, 4.69) is 20.4 Å². The second-order valence-electron chi connectivity index (χ2n) is 5.63. The van der Waals surface area contributed by atoms with Crippen LogP contribution in [-0.4, -0.2) is 53.7 Å². The van der Waals surface area contributed by atoms with Gasteiger partial charge in [0.15, 0.2) is 5.82 Å². The van der Waals surface area contributed by atoms with Crippen LogP contribution in [0.5, 0.6) is 0 Å². The van der Waals surface area contributed by atoms with E-state index in [0.717, 1.165) is 32.5 Å². The van der Waals surface area contributed by atoms with E-state index in [1.165, 1.54) is 12.8 Å². The Morgan fingerprint density at radius 3 is 2.95 bits per heavy atom. The van der Waals surface area contributed by atoms with Gasteiger partial charge in [0, 0.05) is 19.6 Å². The van der Waals surface area contributed by atoms with Gasteiger partial charge in [-0.1, -0.05) is 5.16 Å². The van der Waals surface area contributed by atoms with Gasteiger partial charge in [-0.15, -0.1) is 0 Å². The number of amides is 1. The molecule has 0 aromatic carbocycles. The molecule has 1 amide bonds. The second kappa shape index (κ2) is 7.00. The molecular formula is C14H22N4O3. The Morgan fingerprint density at radius 2 is 2.19 bits per heavy atom. The topological polar surface area (TPSA) is 80.5 Å². The summed E-state index contributed by atoms with van der Waals surface area (Å²) in [5.41, 5.74) is 0. The van der Waals surface area contributed by atoms with E-state index in [1.54, 1.807) is 0 Å². The number of nitrogens with one attached hydrogen (secondary N) is 1. The molecule has 3 heterocycles. The molecule has 0 spiro atoms. The summed E-state index contributed by atoms with van der Waals surface area (Å²) in [5.74, 6) is 1.26. The third-order valence-corrected chi connectivity index (χ3v) is 3.93. The maximum absolute atomic E-state index is 11.8. The van der Waals surface area contributed by atoms with Crippen molar-refractivity contribution in [1.29, 1.82) is 0 Å². The molecule has 116 valence electrons. The highest BCUT2D eigenvalue weighted by atomic mass is 16.5. The normalized spacial score (nSPS) is 22.8. The molecule has 3 rings (SSSR count). The molecule has 1 atom stereocenters. The van der Waals surface area contributed by atoms with Crippen molar-refractivity contribution in [3.63, 3.8) is 0 Å². The highest BCUT2D eigenvalue weighted by Gasteiger charge is 2.23. The van der Waals surface area contributed by atoms with Crippen molar-refractivity contribution in [2.24, 2.45) is 0 Å². The van der Waals surface area contributed by atoms with Crippen molar-refractivity contribution in [2.45, 2.75) is 38.2 Å². The Balaban J connectivity index is 1.37. The molecule has 7 nitrogen and oxygen atoms in total. The number of carbonyl (C=O) groups is 1. The Labute approximate surface area is 124 Å². The summed E-state index contributed by atoms with van der Waals surface area (Å²) in [6.07, 6.45) is 4.91. The van der Waals surface area contributed by atoms with Gasteiger partial charge in [0.2, 0.25) is 5.91 Å². The van der Waals surface area contributed by atoms with Gasteiger partial charge in [0.25, 0.3) is 5.89 Å². The predicted molar refractivity (Wildman–Crippen MR) is 74.6 cm³/mol. The molecule has 0 saturated carbocycles. The van der Waals surface area contributed by atoms with E-state index in [-0.39, 0.29) is 12.0 Å². The fourth-order valence-electron chi connectivity index (χ4n) is 2.79. The Hall–Kier alpha value is -1.47. The second-order valence-corrected chi connectivity index (χ2v) is 5.63. The summed E-state index contributed by atoms with van der Waals surface area (Å²) in [4.78, 5) is 18.3. The number of rotatable bonds is 6. The maximum atomic E-state index is 11.8. The van der Waals surface area contributed by atoms with Crippen LogP contribution in [0.3, 0.4) is 0 Å². The third kappa shape index (κ3) is 4.01. The lowest BCUT2D eigenvalue weighted by Gasteiger charge is -2.13. The van der Waals surface area contributed by atoms with E-state index in [9.17, 15) is 4.79 Å². The lowest BCUT2D eigenvalue weighted by atomic mass is 10.2. The number of hydrogen-bond acceptors (Lipinski definition) is 6. The predicted octanol–water partition coefficient (Wildman–Crippen LogP) is 0.676. The molecule has 2 aliphatic heterocycles. The van der Waals surface area contributed by atoms with E-state index < -0.39 is 0 Å². The van der Waals surface area contributed by atoms with Gasteiger partial charge in [-0.25, -0.2) is 0 Å². The summed E-state index contributed by atoms with van der Waals surface area (Å²) in [6.45, 7) is 3.85. The lowest BCUT2D eigenvalue weighted by molar-refractivity contribution is -0.121. The van der Waals surface area contributed by atoms with Gasteiger partial charge in [0.1, 0.15) is 6.10 Å². The van der Waals surface area contributed by atoms with E-state index in [1.807, 2.05) is 0 Å². The van der Waals surface area contributed by atoms with Crippen molar-refractivity contribution in [1.82, 2.24) is 20.4 Å². The molecular weight excluding hydrogens is 272 g/mol. The summed E-state index contributed by atoms with van der Waals surface area (Å²) in [6, 6.07) is 0. The number of likely N-dealkylation sites (tertiary alicyclic amines) is 1. The van der Waals surface area contributed by atoms with Gasteiger partial charge in [-0.2, -0.15) is 4.98 Å². The summed E-state index contributed by atoms with van der Waals surface area (Å²) in [7, 11) is 0. The quantitative estimate of drug-likeness (QED) is 0.831. The van der Waals surface area contributed by atoms with Gasteiger partial charge in [-0.3, -0.25) is 9.69 Å². The zero-order valence-corrected chi connectivity index (χ0v) is 12.2. The minimum Gasteiger partial charge on any atom is -0.368 e. The minimum absolute atomic E-state index is 0.0454. The summed E-state index contributed by atoms with van der Waals surface area (Å²) >= 11 is 0. The molecule has 0 aliphatic carbocycles. The van der Waals surface area contributed by atoms with Crippen molar-refractivity contribution in [3.8, 4) is 0 Å². The highest BCUT2D eigenvalue weighted by molar-refractivity contribution is 5.78. The van der Waals surface area contributed by atoms with Crippen LogP contribution in [0, 0.1) is 0 Å². The third-order valence-electron chi connectivity index (χ3n) is 3.93. The SMILES string of the molecule is O=C(CN1CCCC1)NCCc1noc([C@@H]2CCCO2)n1. The van der Waals surface area contributed by atoms with Crippen molar-refractivity contribution in [3.05, 3.63) is 11.7 Å². The smallest absolute Gasteiger partial charge is 0.255 e. The zero-order valence-electron chi connectivity index (χ0n) is 12.2. The van der Waals surface area contributed by atoms with Crippen LogP contribution in [0.1, 0.15) is 43.5 Å². The molecule has 1 aromatic rings. The zero-order chi connectivity index (χ0) is 14.5. The maximum Gasteiger partial charge on any atom is 0.255 e. The Bertz CT molecular complexity index is 465. The highest BCUT2D eigenvalue weighted by Crippen LogP contribution is 2.26. The van der Waals surface area contributed by atoms with Crippen LogP contribution in [0.25, 0.3) is 0 Å². The van der Waals surface area contributed by atoms with Crippen molar-refractivity contribution < 1.29 is 14.1 Å². The van der Waals surface area contributed by atoms with Crippen LogP contribution >= 0.6 is 0 Å². The number of hydrogen-bond donors (Lipinski definition) is 1. The monoisotopic (exact) mass is 294 g/mol. The first-order chi connectivity index (χ1) is 10.3. The fraction of sp³-hybridized carbons (Fsp3) is 0.786. The lowest BCUT2D eigenvalue weighted by Crippen LogP contribution is -2.36. The summed E-state index contributed by atoms with van der Waals surface area (Å²) in [5, 5.41) is 6.84. The molecule has 2 aliphatic rings. The first kappa shape index (κ1) is 14.5. The van der Waals surface area contributed by atoms with Gasteiger partial charge in [-0.05, 0) is 38.8 Å². The number of ether oxygens (including phenoxy) is 1. The Morgan fingerprint density at radius 1 is 1.33 bits per heavy atom. The van der Waals surface area contributed by atoms with Crippen molar-refractivity contribution >= 4 is 5.91 Å².